The van der Waals surface area contributed by atoms with E-state index in [2.05, 4.69) is 4.98 Å². The molecule has 0 spiro atoms. The molecular weight excluding hydrogens is 568 g/mol. The number of nitrogens with one attached hydrogen (secondary N) is 1. The normalized spacial score (nSPS) is 19.7. The number of nitrogens with zero attached hydrogens (tertiary/aromatic N) is 3. The van der Waals surface area contributed by atoms with Gasteiger partial charge in [0, 0.05) is 25.2 Å². The molecule has 0 bridgehead atoms. The Morgan fingerprint density at radius 3 is 2.07 bits per heavy atom. The summed E-state index contributed by atoms with van der Waals surface area (Å²) in [6, 6.07) is 11.1. The zero-order valence-electron chi connectivity index (χ0n) is 24.0. The summed E-state index contributed by atoms with van der Waals surface area (Å²) in [4.78, 5) is 19.3. The Hall–Kier alpha value is -4.37. The summed E-state index contributed by atoms with van der Waals surface area (Å²) in [5.74, 6) is -5.43. The highest BCUT2D eigenvalue weighted by atomic mass is 19.1. The number of hydrogen-bond donors (Lipinski definition) is 4. The van der Waals surface area contributed by atoms with Crippen LogP contribution in [-0.2, 0) is 4.74 Å². The van der Waals surface area contributed by atoms with Crippen molar-refractivity contribution >= 4 is 11.7 Å². The van der Waals surface area contributed by atoms with Gasteiger partial charge in [-0.1, -0.05) is 18.2 Å². The van der Waals surface area contributed by atoms with Gasteiger partial charge in [-0.05, 0) is 44.4 Å². The minimum absolute atomic E-state index is 0.0295. The number of nitrogens with two attached hydrogens (primary N) is 1. The lowest BCUT2D eigenvalue weighted by Crippen LogP contribution is -2.46. The first kappa shape index (κ1) is 31.6. The maximum absolute atomic E-state index is 15.8. The van der Waals surface area contributed by atoms with Crippen LogP contribution in [0.5, 0.6) is 29.0 Å². The molecule has 1 fully saturated rings. The molecule has 230 valence electrons. The number of amidine groups is 1. The first-order valence-electron chi connectivity index (χ1n) is 13.2. The maximum atomic E-state index is 15.8. The Bertz CT molecular complexity index is 1490. The summed E-state index contributed by atoms with van der Waals surface area (Å²) in [7, 11) is 6.50. The SMILES string of the molecule is CN(C)C(=O)c1cccc(Oc2nc(Oc3cccc(C(=N)N)c3)c(F)c(OCC3OC(CO)C(O)C3N(C)C)c2F)c1. The third-order valence-corrected chi connectivity index (χ3v) is 6.67. The summed E-state index contributed by atoms with van der Waals surface area (Å²) >= 11 is 0. The van der Waals surface area contributed by atoms with Gasteiger partial charge in [-0.2, -0.15) is 13.8 Å². The van der Waals surface area contributed by atoms with E-state index in [0.29, 0.717) is 5.56 Å². The molecule has 5 N–H and O–H groups in total. The molecule has 4 atom stereocenters. The van der Waals surface area contributed by atoms with Crippen molar-refractivity contribution in [2.24, 2.45) is 5.73 Å². The largest absolute Gasteiger partial charge is 0.484 e. The number of aliphatic hydroxyl groups excluding tert-OH is 2. The van der Waals surface area contributed by atoms with Crippen molar-refractivity contribution in [1.29, 1.82) is 5.41 Å². The van der Waals surface area contributed by atoms with Crippen LogP contribution in [0.3, 0.4) is 0 Å². The van der Waals surface area contributed by atoms with Crippen molar-refractivity contribution in [3.8, 4) is 29.0 Å². The Balaban J connectivity index is 1.72. The monoisotopic (exact) mass is 601 g/mol. The van der Waals surface area contributed by atoms with E-state index < -0.39 is 66.7 Å². The molecule has 43 heavy (non-hydrogen) atoms. The Labute approximate surface area is 246 Å². The molecular formula is C29H33F2N5O7. The lowest BCUT2D eigenvalue weighted by Gasteiger charge is -2.27. The molecule has 1 amide bonds. The van der Waals surface area contributed by atoms with Crippen molar-refractivity contribution in [2.75, 3.05) is 41.4 Å². The lowest BCUT2D eigenvalue weighted by atomic mass is 10.0. The van der Waals surface area contributed by atoms with Crippen LogP contribution in [-0.4, -0.2) is 102 Å². The van der Waals surface area contributed by atoms with Gasteiger partial charge in [-0.3, -0.25) is 10.2 Å². The molecule has 12 nitrogen and oxygen atoms in total. The molecule has 1 aliphatic rings. The number of benzene rings is 2. The Morgan fingerprint density at radius 2 is 1.56 bits per heavy atom. The highest BCUT2D eigenvalue weighted by Gasteiger charge is 2.45. The average molecular weight is 602 g/mol. The van der Waals surface area contributed by atoms with Crippen molar-refractivity contribution < 1.29 is 42.7 Å². The van der Waals surface area contributed by atoms with E-state index in [9.17, 15) is 15.0 Å². The number of ether oxygens (including phenoxy) is 4. The lowest BCUT2D eigenvalue weighted by molar-refractivity contribution is -0.0342. The number of carbonyl (C=O) groups excluding carboxylic acids is 1. The number of halogens is 2. The topological polar surface area (TPSA) is 164 Å². The van der Waals surface area contributed by atoms with Gasteiger partial charge in [-0.15, -0.1) is 0 Å². The highest BCUT2D eigenvalue weighted by Crippen LogP contribution is 2.38. The van der Waals surface area contributed by atoms with Gasteiger partial charge in [0.1, 0.15) is 42.3 Å². The van der Waals surface area contributed by atoms with Crippen molar-refractivity contribution in [3.05, 3.63) is 71.3 Å². The van der Waals surface area contributed by atoms with Gasteiger partial charge in [0.25, 0.3) is 17.7 Å². The fraction of sp³-hybridized carbons (Fsp3) is 0.345. The zero-order chi connectivity index (χ0) is 31.4. The minimum Gasteiger partial charge on any atom is -0.484 e. The number of carbonyl (C=O) groups is 1. The summed E-state index contributed by atoms with van der Waals surface area (Å²) in [6.07, 6.45) is -2.87. The van der Waals surface area contributed by atoms with Gasteiger partial charge >= 0.3 is 0 Å². The smallest absolute Gasteiger partial charge is 0.263 e. The van der Waals surface area contributed by atoms with Crippen LogP contribution in [0.4, 0.5) is 8.78 Å². The predicted molar refractivity (Wildman–Crippen MR) is 151 cm³/mol. The molecule has 0 radical (unpaired) electrons. The van der Waals surface area contributed by atoms with Crippen LogP contribution in [0.2, 0.25) is 0 Å². The van der Waals surface area contributed by atoms with Gasteiger partial charge < -0.3 is 44.7 Å². The molecule has 0 aliphatic carbocycles. The number of likely N-dealkylation sites (N-methyl/N-ethyl adjacent to an activating group) is 1. The molecule has 2 aromatic carbocycles. The molecule has 0 saturated carbocycles. The number of hydrogen-bond acceptors (Lipinski definition) is 10. The summed E-state index contributed by atoms with van der Waals surface area (Å²) in [5.41, 5.74) is 6.09. The fourth-order valence-corrected chi connectivity index (χ4v) is 4.56. The van der Waals surface area contributed by atoms with Gasteiger partial charge in [0.15, 0.2) is 0 Å². The van der Waals surface area contributed by atoms with E-state index in [1.54, 1.807) is 45.2 Å². The van der Waals surface area contributed by atoms with Crippen LogP contribution in [0, 0.1) is 17.0 Å². The summed E-state index contributed by atoms with van der Waals surface area (Å²) in [6.45, 7) is -0.884. The van der Waals surface area contributed by atoms with E-state index >= 15 is 8.78 Å². The number of aromatic nitrogens is 1. The third kappa shape index (κ3) is 7.00. The van der Waals surface area contributed by atoms with E-state index in [4.69, 9.17) is 30.1 Å². The fourth-order valence-electron chi connectivity index (χ4n) is 4.56. The second-order valence-electron chi connectivity index (χ2n) is 10.2. The van der Waals surface area contributed by atoms with E-state index in [1.807, 2.05) is 0 Å². The minimum atomic E-state index is -1.30. The Morgan fingerprint density at radius 1 is 1.00 bits per heavy atom. The van der Waals surface area contributed by atoms with E-state index in [-0.39, 0.29) is 28.8 Å². The highest BCUT2D eigenvalue weighted by molar-refractivity contribution is 5.95. The van der Waals surface area contributed by atoms with E-state index in [0.717, 1.165) is 0 Å². The second-order valence-corrected chi connectivity index (χ2v) is 10.2. The number of aliphatic hydroxyl groups is 2. The van der Waals surface area contributed by atoms with Crippen molar-refractivity contribution in [1.82, 2.24) is 14.8 Å². The average Bonchev–Trinajstić information content (AvgIpc) is 3.30. The van der Waals surface area contributed by atoms with Crippen molar-refractivity contribution in [3.63, 3.8) is 0 Å². The molecule has 4 unspecified atom stereocenters. The molecule has 4 rings (SSSR count). The van der Waals surface area contributed by atoms with Gasteiger partial charge in [-0.25, -0.2) is 0 Å². The van der Waals surface area contributed by atoms with Crippen LogP contribution >= 0.6 is 0 Å². The van der Waals surface area contributed by atoms with Crippen LogP contribution in [0.25, 0.3) is 0 Å². The second kappa shape index (κ2) is 13.3. The third-order valence-electron chi connectivity index (χ3n) is 6.67. The summed E-state index contributed by atoms with van der Waals surface area (Å²) in [5, 5.41) is 27.7. The standard InChI is InChI=1S/C29H33F2N5O7/c1-35(2)23-20(43-19(13-37)24(23)38)14-40-25-21(30)27(41-17-9-5-7-15(11-17)26(32)33)34-28(22(25)31)42-18-10-6-8-16(12-18)29(39)36(3)4/h5-12,19-20,23-24,37-38H,13-14H2,1-4H3,(H3,32,33). The number of nitrogen functional groups attached to an aromatic ring is 1. The molecule has 1 aromatic heterocycles. The Kier molecular flexibility index (Phi) is 9.76. The molecule has 1 aliphatic heterocycles. The van der Waals surface area contributed by atoms with Crippen LogP contribution in [0.15, 0.2) is 48.5 Å². The number of pyridine rings is 1. The van der Waals surface area contributed by atoms with Crippen LogP contribution < -0.4 is 19.9 Å². The van der Waals surface area contributed by atoms with Gasteiger partial charge in [0.2, 0.25) is 17.4 Å². The molecule has 2 heterocycles. The summed E-state index contributed by atoms with van der Waals surface area (Å²) < 4.78 is 54.0. The molecule has 3 aromatic rings. The first-order valence-corrected chi connectivity index (χ1v) is 13.2. The van der Waals surface area contributed by atoms with E-state index in [1.165, 1.54) is 41.3 Å². The van der Waals surface area contributed by atoms with Crippen LogP contribution in [0.1, 0.15) is 15.9 Å². The quantitative estimate of drug-likeness (QED) is 0.190. The molecule has 1 saturated heterocycles. The van der Waals surface area contributed by atoms with Crippen molar-refractivity contribution in [2.45, 2.75) is 24.4 Å². The van der Waals surface area contributed by atoms with Gasteiger partial charge in [0.05, 0.1) is 12.6 Å². The number of rotatable bonds is 11. The molecule has 14 heteroatoms. The number of amides is 1. The predicted octanol–water partition coefficient (Wildman–Crippen LogP) is 2.36. The maximum Gasteiger partial charge on any atom is 0.263 e. The zero-order valence-corrected chi connectivity index (χ0v) is 24.0. The first-order chi connectivity index (χ1) is 20.4.